The Morgan fingerprint density at radius 2 is 1.55 bits per heavy atom. The summed E-state index contributed by atoms with van der Waals surface area (Å²) in [5.74, 6) is -2.24. The molecule has 0 unspecified atom stereocenters. The Labute approximate surface area is 165 Å². The van der Waals surface area contributed by atoms with Crippen LogP contribution in [0.2, 0.25) is 0 Å². The molecule has 1 aliphatic heterocycles. The Hall–Kier alpha value is -3.68. The maximum atomic E-state index is 13.4. The first-order valence-electron chi connectivity index (χ1n) is 8.86. The number of esters is 3. The monoisotopic (exact) mass is 395 g/mol. The average Bonchev–Trinajstić information content (AvgIpc) is 2.99. The van der Waals surface area contributed by atoms with E-state index in [1.54, 1.807) is 30.3 Å². The van der Waals surface area contributed by atoms with E-state index in [-0.39, 0.29) is 11.3 Å². The molecule has 0 bridgehead atoms. The molecule has 8 nitrogen and oxygen atoms in total. The van der Waals surface area contributed by atoms with E-state index < -0.39 is 35.0 Å². The van der Waals surface area contributed by atoms with Gasteiger partial charge in [0.1, 0.15) is 5.75 Å². The number of hydrogen-bond acceptors (Lipinski definition) is 8. The van der Waals surface area contributed by atoms with Crippen LogP contribution in [0.4, 0.5) is 5.69 Å². The van der Waals surface area contributed by atoms with E-state index in [9.17, 15) is 19.2 Å². The summed E-state index contributed by atoms with van der Waals surface area (Å²) in [6, 6.07) is 11.2. The fourth-order valence-corrected chi connectivity index (χ4v) is 4.12. The van der Waals surface area contributed by atoms with Crippen LogP contribution in [0.15, 0.2) is 42.5 Å². The highest BCUT2D eigenvalue weighted by molar-refractivity contribution is 6.13. The molecule has 0 radical (unpaired) electrons. The Morgan fingerprint density at radius 3 is 2.21 bits per heavy atom. The lowest BCUT2D eigenvalue weighted by Crippen LogP contribution is -2.58. The molecule has 0 fully saturated rings. The Kier molecular flexibility index (Phi) is 3.97. The maximum Gasteiger partial charge on any atom is 0.308 e. The van der Waals surface area contributed by atoms with Crippen molar-refractivity contribution in [2.24, 2.45) is 0 Å². The third kappa shape index (κ3) is 2.45. The molecule has 1 N–H and O–H groups in total. The smallest absolute Gasteiger partial charge is 0.308 e. The number of rotatable bonds is 3. The van der Waals surface area contributed by atoms with Gasteiger partial charge >= 0.3 is 17.9 Å². The third-order valence-corrected chi connectivity index (χ3v) is 4.90. The van der Waals surface area contributed by atoms with E-state index in [1.807, 2.05) is 0 Å². The number of nitrogens with one attached hydrogen (secondary N) is 1. The van der Waals surface area contributed by atoms with Crippen molar-refractivity contribution < 1.29 is 33.4 Å². The van der Waals surface area contributed by atoms with Gasteiger partial charge in [0.15, 0.2) is 0 Å². The first-order valence-corrected chi connectivity index (χ1v) is 8.86. The number of anilines is 1. The van der Waals surface area contributed by atoms with Crippen molar-refractivity contribution in [3.05, 3.63) is 59.2 Å². The molecule has 2 aromatic carbocycles. The molecule has 0 saturated heterocycles. The number of ketones is 1. The van der Waals surface area contributed by atoms with E-state index in [0.29, 0.717) is 16.8 Å². The fourth-order valence-electron chi connectivity index (χ4n) is 4.12. The summed E-state index contributed by atoms with van der Waals surface area (Å²) in [7, 11) is 0. The number of hydrogen-bond donors (Lipinski definition) is 1. The summed E-state index contributed by atoms with van der Waals surface area (Å²) >= 11 is 0. The molecule has 1 aliphatic carbocycles. The predicted molar refractivity (Wildman–Crippen MR) is 99.2 cm³/mol. The normalized spacial score (nSPS) is 23.3. The van der Waals surface area contributed by atoms with Crippen LogP contribution in [-0.4, -0.2) is 29.4 Å². The number of ether oxygens (including phenoxy) is 3. The minimum atomic E-state index is -2.01. The summed E-state index contributed by atoms with van der Waals surface area (Å²) in [4.78, 5) is 48.9. The molecule has 0 spiro atoms. The largest absolute Gasteiger partial charge is 0.442 e. The van der Waals surface area contributed by atoms with E-state index >= 15 is 0 Å². The van der Waals surface area contributed by atoms with Crippen molar-refractivity contribution in [1.29, 1.82) is 0 Å². The lowest BCUT2D eigenvalue weighted by molar-refractivity contribution is -0.184. The summed E-state index contributed by atoms with van der Waals surface area (Å²) in [6.45, 7) is 3.64. The van der Waals surface area contributed by atoms with Gasteiger partial charge in [-0.25, -0.2) is 0 Å². The highest BCUT2D eigenvalue weighted by Gasteiger charge is 2.74. The zero-order valence-corrected chi connectivity index (χ0v) is 15.9. The highest BCUT2D eigenvalue weighted by Crippen LogP contribution is 2.59. The molecule has 2 aliphatic rings. The Bertz CT molecular complexity index is 1090. The van der Waals surface area contributed by atoms with Crippen LogP contribution >= 0.6 is 0 Å². The summed E-state index contributed by atoms with van der Waals surface area (Å²) < 4.78 is 16.4. The Balaban J connectivity index is 2.03. The van der Waals surface area contributed by atoms with E-state index in [0.717, 1.165) is 0 Å². The molecule has 0 saturated carbocycles. The van der Waals surface area contributed by atoms with Crippen molar-refractivity contribution in [3.63, 3.8) is 0 Å². The van der Waals surface area contributed by atoms with Crippen LogP contribution in [0, 0.1) is 0 Å². The first-order chi connectivity index (χ1) is 13.7. The first kappa shape index (κ1) is 18.7. The van der Waals surface area contributed by atoms with Crippen molar-refractivity contribution in [2.75, 3.05) is 5.32 Å². The quantitative estimate of drug-likeness (QED) is 0.623. The zero-order valence-electron chi connectivity index (χ0n) is 15.9. The summed E-state index contributed by atoms with van der Waals surface area (Å²) in [5, 5.41) is 2.94. The second-order valence-electron chi connectivity index (χ2n) is 6.85. The van der Waals surface area contributed by atoms with Gasteiger partial charge in [-0.15, -0.1) is 0 Å². The lowest BCUT2D eigenvalue weighted by atomic mass is 9.84. The van der Waals surface area contributed by atoms with Crippen molar-refractivity contribution >= 4 is 29.4 Å². The van der Waals surface area contributed by atoms with Crippen molar-refractivity contribution in [3.8, 4) is 5.75 Å². The Morgan fingerprint density at radius 1 is 0.862 bits per heavy atom. The molecular weight excluding hydrogens is 378 g/mol. The van der Waals surface area contributed by atoms with Gasteiger partial charge in [0.2, 0.25) is 11.4 Å². The topological polar surface area (TPSA) is 108 Å². The SMILES string of the molecule is CC(=O)Oc1ccc2c(c1)N[C@@]1(OC(C)=O)C(=O)c3ccccc3[C@@]21OC(C)=O. The third-order valence-electron chi connectivity index (χ3n) is 4.90. The average molecular weight is 395 g/mol. The predicted octanol–water partition coefficient (Wildman–Crippen LogP) is 2.30. The molecule has 2 aromatic rings. The second kappa shape index (κ2) is 6.16. The molecule has 1 heterocycles. The van der Waals surface area contributed by atoms with Gasteiger partial charge < -0.3 is 19.5 Å². The van der Waals surface area contributed by atoms with Gasteiger partial charge in [-0.05, 0) is 12.1 Å². The summed E-state index contributed by atoms with van der Waals surface area (Å²) in [5.41, 5.74) is -2.31. The molecule has 2 atom stereocenters. The van der Waals surface area contributed by atoms with E-state index in [1.165, 1.54) is 32.9 Å². The molecule has 4 rings (SSSR count). The van der Waals surface area contributed by atoms with Gasteiger partial charge in [0, 0.05) is 49.2 Å². The molecule has 148 valence electrons. The van der Waals surface area contributed by atoms with Gasteiger partial charge in [-0.3, -0.25) is 19.2 Å². The van der Waals surface area contributed by atoms with E-state index in [2.05, 4.69) is 5.32 Å². The van der Waals surface area contributed by atoms with Crippen LogP contribution in [0.25, 0.3) is 0 Å². The van der Waals surface area contributed by atoms with Crippen LogP contribution in [-0.2, 0) is 29.5 Å². The molecular formula is C21H17NO7. The standard InChI is InChI=1S/C21H17NO7/c1-11(23)27-14-8-9-17-18(10-14)22-21(29-13(3)25)19(26)15-6-4-5-7-16(15)20(17,21)28-12(2)24/h4-10,22H,1-3H3/t20-,21-/m1/s1. The zero-order chi connectivity index (χ0) is 21.0. The molecule has 29 heavy (non-hydrogen) atoms. The van der Waals surface area contributed by atoms with Gasteiger partial charge in [0.05, 0.1) is 0 Å². The molecule has 0 aromatic heterocycles. The minimum absolute atomic E-state index is 0.223. The number of carbonyl (C=O) groups excluding carboxylic acids is 4. The van der Waals surface area contributed by atoms with Crippen molar-refractivity contribution in [2.45, 2.75) is 32.1 Å². The van der Waals surface area contributed by atoms with Gasteiger partial charge in [-0.1, -0.05) is 24.3 Å². The number of Topliss-reactive ketones (excluding diaryl/α,β-unsaturated/α-hetero) is 1. The maximum absolute atomic E-state index is 13.4. The number of fused-ring (bicyclic) bond motifs is 5. The van der Waals surface area contributed by atoms with Crippen molar-refractivity contribution in [1.82, 2.24) is 0 Å². The minimum Gasteiger partial charge on any atom is -0.442 e. The molecule has 8 heteroatoms. The molecule has 0 amide bonds. The fraction of sp³-hybridized carbons (Fsp3) is 0.238. The van der Waals surface area contributed by atoms with Crippen LogP contribution in [0.1, 0.15) is 42.3 Å². The van der Waals surface area contributed by atoms with Gasteiger partial charge in [0.25, 0.3) is 5.72 Å². The van der Waals surface area contributed by atoms with E-state index in [4.69, 9.17) is 14.2 Å². The number of benzene rings is 2. The van der Waals surface area contributed by atoms with Gasteiger partial charge in [-0.2, -0.15) is 0 Å². The van der Waals surface area contributed by atoms with Crippen LogP contribution in [0.3, 0.4) is 0 Å². The summed E-state index contributed by atoms with van der Waals surface area (Å²) in [6.07, 6.45) is 0. The lowest BCUT2D eigenvalue weighted by Gasteiger charge is -2.37. The van der Waals surface area contributed by atoms with Crippen LogP contribution in [0.5, 0.6) is 5.75 Å². The second-order valence-corrected chi connectivity index (χ2v) is 6.85. The highest BCUT2D eigenvalue weighted by atomic mass is 16.6. The number of carbonyl (C=O) groups is 4. The van der Waals surface area contributed by atoms with Crippen LogP contribution < -0.4 is 10.1 Å².